The van der Waals surface area contributed by atoms with Crippen molar-refractivity contribution in [2.45, 2.75) is 18.8 Å². The number of ketones is 1. The van der Waals surface area contributed by atoms with Crippen LogP contribution in [0.3, 0.4) is 0 Å². The van der Waals surface area contributed by atoms with Crippen molar-refractivity contribution in [2.24, 2.45) is 0 Å². The third kappa shape index (κ3) is 2.54. The number of aromatic hydroxyl groups is 1. The van der Waals surface area contributed by atoms with Crippen LogP contribution in [0.2, 0.25) is 5.02 Å². The molecule has 2 aromatic carbocycles. The fourth-order valence-corrected chi connectivity index (χ4v) is 2.41. The molecule has 1 aliphatic carbocycles. The maximum absolute atomic E-state index is 13.6. The van der Waals surface area contributed by atoms with Gasteiger partial charge in [-0.3, -0.25) is 4.79 Å². The highest BCUT2D eigenvalue weighted by Crippen LogP contribution is 2.40. The largest absolute Gasteiger partial charge is 0.507 e. The molecule has 0 radical (unpaired) electrons. The predicted octanol–water partition coefficient (Wildman–Crippen LogP) is 4.29. The van der Waals surface area contributed by atoms with Gasteiger partial charge in [-0.25, -0.2) is 4.39 Å². The second kappa shape index (κ2) is 4.91. The van der Waals surface area contributed by atoms with Crippen LogP contribution in [0.5, 0.6) is 5.75 Å². The average Bonchev–Trinajstić information content (AvgIpc) is 3.24. The quantitative estimate of drug-likeness (QED) is 0.856. The fraction of sp³-hybridized carbons (Fsp3) is 0.188. The van der Waals surface area contributed by atoms with Crippen molar-refractivity contribution in [1.29, 1.82) is 0 Å². The molecule has 0 atom stereocenters. The lowest BCUT2D eigenvalue weighted by Gasteiger charge is -2.07. The third-order valence-electron chi connectivity index (χ3n) is 3.43. The SMILES string of the molecule is O=C(c1cc(F)cc(C2CC2)c1)c1cc(Cl)ccc1O. The first-order valence-electron chi connectivity index (χ1n) is 6.38. The summed E-state index contributed by atoms with van der Waals surface area (Å²) in [6.45, 7) is 0. The van der Waals surface area contributed by atoms with Crippen LogP contribution in [0.15, 0.2) is 36.4 Å². The lowest BCUT2D eigenvalue weighted by Crippen LogP contribution is -2.03. The Morgan fingerprint density at radius 2 is 1.95 bits per heavy atom. The van der Waals surface area contributed by atoms with Crippen LogP contribution in [-0.4, -0.2) is 10.9 Å². The van der Waals surface area contributed by atoms with E-state index in [2.05, 4.69) is 0 Å². The van der Waals surface area contributed by atoms with Gasteiger partial charge in [-0.15, -0.1) is 0 Å². The number of rotatable bonds is 3. The van der Waals surface area contributed by atoms with E-state index < -0.39 is 11.6 Å². The predicted molar refractivity (Wildman–Crippen MR) is 74.9 cm³/mol. The van der Waals surface area contributed by atoms with Crippen LogP contribution in [0.1, 0.15) is 40.2 Å². The van der Waals surface area contributed by atoms with Gasteiger partial charge in [0, 0.05) is 10.6 Å². The minimum Gasteiger partial charge on any atom is -0.507 e. The van der Waals surface area contributed by atoms with Gasteiger partial charge in [0.25, 0.3) is 0 Å². The second-order valence-corrected chi connectivity index (χ2v) is 5.47. The van der Waals surface area contributed by atoms with Crippen LogP contribution in [-0.2, 0) is 0 Å². The van der Waals surface area contributed by atoms with Gasteiger partial charge in [0.2, 0.25) is 0 Å². The minimum atomic E-state index is -0.431. The fourth-order valence-electron chi connectivity index (χ4n) is 2.24. The summed E-state index contributed by atoms with van der Waals surface area (Å²) in [5.41, 5.74) is 1.17. The van der Waals surface area contributed by atoms with Gasteiger partial charge < -0.3 is 5.11 Å². The summed E-state index contributed by atoms with van der Waals surface area (Å²) in [6.07, 6.45) is 2.05. The molecule has 0 amide bonds. The van der Waals surface area contributed by atoms with Crippen LogP contribution < -0.4 is 0 Å². The summed E-state index contributed by atoms with van der Waals surface area (Å²) in [5.74, 6) is -0.660. The van der Waals surface area contributed by atoms with Gasteiger partial charge in [-0.05, 0) is 60.7 Å². The van der Waals surface area contributed by atoms with E-state index in [4.69, 9.17) is 11.6 Å². The number of carbonyl (C=O) groups excluding carboxylic acids is 1. The molecular weight excluding hydrogens is 279 g/mol. The molecule has 0 aliphatic heterocycles. The molecular formula is C16H12ClFO2. The molecule has 3 rings (SSSR count). The van der Waals surface area contributed by atoms with Crippen LogP contribution in [0.25, 0.3) is 0 Å². The zero-order chi connectivity index (χ0) is 14.3. The van der Waals surface area contributed by atoms with E-state index in [0.29, 0.717) is 10.9 Å². The summed E-state index contributed by atoms with van der Waals surface area (Å²) in [5, 5.41) is 10.1. The summed E-state index contributed by atoms with van der Waals surface area (Å²) < 4.78 is 13.6. The molecule has 0 aromatic heterocycles. The molecule has 2 aromatic rings. The normalized spacial score (nSPS) is 14.3. The topological polar surface area (TPSA) is 37.3 Å². The molecule has 1 aliphatic rings. The Hall–Kier alpha value is -1.87. The zero-order valence-corrected chi connectivity index (χ0v) is 11.3. The van der Waals surface area contributed by atoms with E-state index in [1.807, 2.05) is 0 Å². The zero-order valence-electron chi connectivity index (χ0n) is 10.6. The second-order valence-electron chi connectivity index (χ2n) is 5.04. The van der Waals surface area contributed by atoms with Gasteiger partial charge in [0.05, 0.1) is 5.56 Å². The van der Waals surface area contributed by atoms with Crippen molar-refractivity contribution in [3.05, 3.63) is 63.9 Å². The smallest absolute Gasteiger partial charge is 0.196 e. The van der Waals surface area contributed by atoms with E-state index in [1.165, 1.54) is 30.3 Å². The number of halogens is 2. The number of phenolic OH excluding ortho intramolecular Hbond substituents is 1. The molecule has 1 saturated carbocycles. The Kier molecular flexibility index (Phi) is 3.22. The highest BCUT2D eigenvalue weighted by Gasteiger charge is 2.25. The van der Waals surface area contributed by atoms with Crippen molar-refractivity contribution in [3.8, 4) is 5.75 Å². The maximum atomic E-state index is 13.6. The van der Waals surface area contributed by atoms with E-state index in [1.54, 1.807) is 6.07 Å². The summed E-state index contributed by atoms with van der Waals surface area (Å²) >= 11 is 5.83. The van der Waals surface area contributed by atoms with Gasteiger partial charge in [-0.1, -0.05) is 11.6 Å². The van der Waals surface area contributed by atoms with Crippen molar-refractivity contribution < 1.29 is 14.3 Å². The van der Waals surface area contributed by atoms with Gasteiger partial charge in [-0.2, -0.15) is 0 Å². The Bertz CT molecular complexity index is 693. The van der Waals surface area contributed by atoms with E-state index in [9.17, 15) is 14.3 Å². The molecule has 102 valence electrons. The summed E-state index contributed by atoms with van der Waals surface area (Å²) in [7, 11) is 0. The third-order valence-corrected chi connectivity index (χ3v) is 3.67. The van der Waals surface area contributed by atoms with Crippen LogP contribution >= 0.6 is 11.6 Å². The first-order valence-corrected chi connectivity index (χ1v) is 6.76. The number of carbonyl (C=O) groups is 1. The van der Waals surface area contributed by atoms with E-state index >= 15 is 0 Å². The van der Waals surface area contributed by atoms with E-state index in [-0.39, 0.29) is 16.9 Å². The summed E-state index contributed by atoms with van der Waals surface area (Å²) in [4.78, 5) is 12.4. The Morgan fingerprint density at radius 3 is 2.65 bits per heavy atom. The lowest BCUT2D eigenvalue weighted by atomic mass is 9.99. The lowest BCUT2D eigenvalue weighted by molar-refractivity contribution is 0.103. The first-order chi connectivity index (χ1) is 9.54. The standard InChI is InChI=1S/C16H12ClFO2/c17-12-3-4-15(19)14(8-12)16(20)11-5-10(9-1-2-9)6-13(18)7-11/h3-9,19H,1-2H2. The van der Waals surface area contributed by atoms with Crippen molar-refractivity contribution in [1.82, 2.24) is 0 Å². The van der Waals surface area contributed by atoms with E-state index in [0.717, 1.165) is 18.4 Å². The Labute approximate surface area is 120 Å². The number of benzene rings is 2. The summed E-state index contributed by atoms with van der Waals surface area (Å²) in [6, 6.07) is 8.59. The van der Waals surface area contributed by atoms with Gasteiger partial charge >= 0.3 is 0 Å². The molecule has 1 N–H and O–H groups in total. The molecule has 1 fully saturated rings. The van der Waals surface area contributed by atoms with Crippen LogP contribution in [0, 0.1) is 5.82 Å². The molecule has 0 saturated heterocycles. The molecule has 0 bridgehead atoms. The molecule has 2 nitrogen and oxygen atoms in total. The number of hydrogen-bond acceptors (Lipinski definition) is 2. The molecule has 0 heterocycles. The number of hydrogen-bond donors (Lipinski definition) is 1. The highest BCUT2D eigenvalue weighted by molar-refractivity contribution is 6.31. The Morgan fingerprint density at radius 1 is 1.20 bits per heavy atom. The van der Waals surface area contributed by atoms with Gasteiger partial charge in [0.1, 0.15) is 11.6 Å². The minimum absolute atomic E-state index is 0.0878. The molecule has 4 heteroatoms. The first kappa shape index (κ1) is 13.1. The molecule has 0 spiro atoms. The van der Waals surface area contributed by atoms with Crippen molar-refractivity contribution in [3.63, 3.8) is 0 Å². The van der Waals surface area contributed by atoms with Crippen molar-refractivity contribution >= 4 is 17.4 Å². The Balaban J connectivity index is 2.03. The maximum Gasteiger partial charge on any atom is 0.196 e. The molecule has 20 heavy (non-hydrogen) atoms. The molecule has 0 unspecified atom stereocenters. The van der Waals surface area contributed by atoms with Gasteiger partial charge in [0.15, 0.2) is 5.78 Å². The van der Waals surface area contributed by atoms with Crippen molar-refractivity contribution in [2.75, 3.05) is 0 Å². The monoisotopic (exact) mass is 290 g/mol. The average molecular weight is 291 g/mol. The van der Waals surface area contributed by atoms with Crippen LogP contribution in [0.4, 0.5) is 4.39 Å². The highest BCUT2D eigenvalue weighted by atomic mass is 35.5. The number of phenols is 1.